The maximum absolute atomic E-state index is 14.1. The Morgan fingerprint density at radius 3 is 2.70 bits per heavy atom. The number of hydrogen-bond acceptors (Lipinski definition) is 11. The fourth-order valence-electron chi connectivity index (χ4n) is 8.67. The zero-order chi connectivity index (χ0) is 33.3. The highest BCUT2D eigenvalue weighted by atomic mass is 16.9. The molecule has 0 bridgehead atoms. The van der Waals surface area contributed by atoms with E-state index in [1.54, 1.807) is 43.3 Å². The van der Waals surface area contributed by atoms with Crippen molar-refractivity contribution in [2.45, 2.75) is 71.2 Å². The highest BCUT2D eigenvalue weighted by Gasteiger charge is 2.70. The van der Waals surface area contributed by atoms with Gasteiger partial charge in [0.25, 0.3) is 5.09 Å². The summed E-state index contributed by atoms with van der Waals surface area (Å²) in [6.07, 6.45) is 8.15. The molecule has 0 aliphatic heterocycles. The molecule has 1 aromatic rings. The second kappa shape index (κ2) is 12.8. The predicted molar refractivity (Wildman–Crippen MR) is 162 cm³/mol. The number of fused-ring (bicyclic) bond motifs is 5. The van der Waals surface area contributed by atoms with Gasteiger partial charge in [0.2, 0.25) is 5.78 Å². The number of ether oxygens (including phenoxy) is 3. The average Bonchev–Trinajstić information content (AvgIpc) is 3.30. The number of rotatable bonds is 10. The summed E-state index contributed by atoms with van der Waals surface area (Å²) in [5.74, 6) is -1.75. The smallest absolute Gasteiger partial charge is 0.454 e. The van der Waals surface area contributed by atoms with Crippen molar-refractivity contribution in [1.29, 1.82) is 0 Å². The van der Waals surface area contributed by atoms with E-state index < -0.39 is 52.1 Å². The Morgan fingerprint density at radius 1 is 1.17 bits per heavy atom. The van der Waals surface area contributed by atoms with E-state index in [0.717, 1.165) is 11.6 Å². The number of aliphatic hydroxyl groups is 1. The van der Waals surface area contributed by atoms with Crippen molar-refractivity contribution >= 4 is 29.8 Å². The monoisotopic (exact) mass is 637 g/mol. The lowest BCUT2D eigenvalue weighted by molar-refractivity contribution is -0.763. The third-order valence-electron chi connectivity index (χ3n) is 10.6. The third kappa shape index (κ3) is 5.97. The Hall–Kier alpha value is -4.32. The molecule has 0 saturated heterocycles. The van der Waals surface area contributed by atoms with Crippen LogP contribution in [0, 0.1) is 38.7 Å². The van der Waals surface area contributed by atoms with Gasteiger partial charge in [-0.3, -0.25) is 9.59 Å². The Kier molecular flexibility index (Phi) is 9.21. The number of esters is 1. The Balaban J connectivity index is 1.35. The number of allylic oxidation sites excluding steroid dienone is 4. The first kappa shape index (κ1) is 33.1. The number of carbonyl (C=O) groups is 4. The van der Waals surface area contributed by atoms with Gasteiger partial charge in [-0.1, -0.05) is 43.7 Å². The van der Waals surface area contributed by atoms with Gasteiger partial charge in [-0.15, -0.1) is 10.1 Å². The minimum absolute atomic E-state index is 0.00812. The molecule has 0 radical (unpaired) electrons. The molecule has 7 atom stereocenters. The van der Waals surface area contributed by atoms with Crippen LogP contribution in [-0.4, -0.2) is 58.8 Å². The summed E-state index contributed by atoms with van der Waals surface area (Å²) in [5, 5.41) is 21.3. The zero-order valence-electron chi connectivity index (χ0n) is 26.1. The van der Waals surface area contributed by atoms with E-state index in [9.17, 15) is 34.4 Å². The molecule has 1 aromatic carbocycles. The molecule has 3 fully saturated rings. The molecule has 0 amide bonds. The van der Waals surface area contributed by atoms with Crippen LogP contribution in [0.2, 0.25) is 0 Å². The van der Waals surface area contributed by atoms with Crippen LogP contribution in [0.25, 0.3) is 6.08 Å². The van der Waals surface area contributed by atoms with Gasteiger partial charge in [0.05, 0.1) is 12.7 Å². The van der Waals surface area contributed by atoms with Crippen molar-refractivity contribution in [2.24, 2.45) is 28.6 Å². The molecule has 12 heteroatoms. The lowest BCUT2D eigenvalue weighted by Gasteiger charge is -2.59. The number of carbonyl (C=O) groups excluding carboxylic acids is 4. The molecule has 1 N–H and O–H groups in total. The molecule has 46 heavy (non-hydrogen) atoms. The summed E-state index contributed by atoms with van der Waals surface area (Å²) < 4.78 is 16.3. The molecule has 0 aromatic heterocycles. The number of hydrogen-bond donors (Lipinski definition) is 1. The first-order valence-electron chi connectivity index (χ1n) is 15.6. The molecular weight excluding hydrogens is 598 g/mol. The second-order valence-electron chi connectivity index (χ2n) is 13.0. The van der Waals surface area contributed by atoms with E-state index in [4.69, 9.17) is 14.2 Å². The molecule has 0 spiro atoms. The highest BCUT2D eigenvalue weighted by Crippen LogP contribution is 2.68. The van der Waals surface area contributed by atoms with Gasteiger partial charge in [-0.25, -0.2) is 9.59 Å². The minimum Gasteiger partial charge on any atom is -0.454 e. The van der Waals surface area contributed by atoms with Crippen LogP contribution < -0.4 is 0 Å². The van der Waals surface area contributed by atoms with Gasteiger partial charge in [0.1, 0.15) is 6.61 Å². The second-order valence-corrected chi connectivity index (χ2v) is 13.0. The molecule has 4 aliphatic rings. The average molecular weight is 638 g/mol. The van der Waals surface area contributed by atoms with Crippen molar-refractivity contribution in [2.75, 3.05) is 13.2 Å². The van der Waals surface area contributed by atoms with E-state index in [1.807, 2.05) is 13.0 Å². The summed E-state index contributed by atoms with van der Waals surface area (Å²) in [7, 11) is 0. The first-order valence-corrected chi connectivity index (χ1v) is 15.6. The number of benzene rings is 1. The first-order chi connectivity index (χ1) is 21.8. The van der Waals surface area contributed by atoms with E-state index in [2.05, 4.69) is 11.8 Å². The summed E-state index contributed by atoms with van der Waals surface area (Å²) in [5.41, 5.74) is -1.09. The van der Waals surface area contributed by atoms with Crippen LogP contribution in [0.15, 0.2) is 54.1 Å². The summed E-state index contributed by atoms with van der Waals surface area (Å²) >= 11 is 0. The van der Waals surface area contributed by atoms with Crippen LogP contribution >= 0.6 is 0 Å². The van der Waals surface area contributed by atoms with Crippen LogP contribution in [-0.2, 0) is 40.0 Å². The van der Waals surface area contributed by atoms with Crippen LogP contribution in [0.3, 0.4) is 0 Å². The lowest BCUT2D eigenvalue weighted by Crippen LogP contribution is -2.63. The van der Waals surface area contributed by atoms with Gasteiger partial charge >= 0.3 is 12.1 Å². The summed E-state index contributed by atoms with van der Waals surface area (Å²) in [6, 6.07) is 6.57. The lowest BCUT2D eigenvalue weighted by atomic mass is 9.46. The number of aliphatic hydroxyl groups excluding tert-OH is 1. The van der Waals surface area contributed by atoms with Gasteiger partial charge in [-0.2, -0.15) is 0 Å². The van der Waals surface area contributed by atoms with E-state index in [0.29, 0.717) is 30.4 Å². The summed E-state index contributed by atoms with van der Waals surface area (Å²) in [4.78, 5) is 66.5. The Morgan fingerprint density at radius 2 is 1.96 bits per heavy atom. The minimum atomic E-state index is -1.69. The normalized spacial score (nSPS) is 32.9. The molecule has 5 rings (SSSR count). The van der Waals surface area contributed by atoms with Gasteiger partial charge in [-0.05, 0) is 86.3 Å². The van der Waals surface area contributed by atoms with Gasteiger partial charge in [0, 0.05) is 22.8 Å². The van der Waals surface area contributed by atoms with Crippen molar-refractivity contribution in [1.82, 2.24) is 0 Å². The van der Waals surface area contributed by atoms with Crippen molar-refractivity contribution in [3.05, 3.63) is 75.4 Å². The zero-order valence-corrected chi connectivity index (χ0v) is 26.1. The molecule has 12 nitrogen and oxygen atoms in total. The van der Waals surface area contributed by atoms with Crippen molar-refractivity contribution < 1.29 is 48.4 Å². The molecule has 246 valence electrons. The van der Waals surface area contributed by atoms with E-state index in [1.165, 1.54) is 6.08 Å². The van der Waals surface area contributed by atoms with Crippen LogP contribution in [0.1, 0.15) is 64.0 Å². The van der Waals surface area contributed by atoms with Crippen LogP contribution in [0.5, 0.6) is 0 Å². The Labute approximate surface area is 266 Å². The molecule has 0 heterocycles. The standard InChI is InChI=1S/C34H39NO11/c1-4-43-31(40)46-34(28(38)20-44-29(39)11-8-21-6-5-7-22(16-21)19-45-35(41)42)15-13-26-25-10-9-23-17-24(36)12-14-32(23,2)30(25)27(37)18-33(26,34)3/h5-8,11-12,14,16-17,25-27,30,37H,4,9-10,13,15,18-20H2,1-3H3/b11-8+/t25-,26-,27-,30+,32-,33-,34-/m0/s1. The highest BCUT2D eigenvalue weighted by molar-refractivity contribution is 6.01. The predicted octanol–water partition coefficient (Wildman–Crippen LogP) is 4.71. The SMILES string of the molecule is CCOC(=O)O[C@]1(C(=O)COC(=O)/C=C/c2cccc(CO[N+](=O)[O-])c2)CC[C@H]2[C@@H]3CCC4=CC(=O)C=C[C@]4(C)[C@H]3[C@@H](O)C[C@@]21C. The maximum atomic E-state index is 14.1. The van der Waals surface area contributed by atoms with Gasteiger partial charge in [0.15, 0.2) is 18.0 Å². The fourth-order valence-corrected chi connectivity index (χ4v) is 8.67. The number of Topliss-reactive ketones (excluding diaryl/α,β-unsaturated/α-hetero) is 1. The van der Waals surface area contributed by atoms with E-state index >= 15 is 0 Å². The Bertz CT molecular complexity index is 1510. The van der Waals surface area contributed by atoms with E-state index in [-0.39, 0.29) is 49.6 Å². The molecule has 3 saturated carbocycles. The summed E-state index contributed by atoms with van der Waals surface area (Å²) in [6.45, 7) is 4.66. The molecular formula is C34H39NO11. The number of nitrogens with zero attached hydrogens (tertiary/aromatic N) is 1. The van der Waals surface area contributed by atoms with Crippen molar-refractivity contribution in [3.8, 4) is 0 Å². The van der Waals surface area contributed by atoms with Crippen molar-refractivity contribution in [3.63, 3.8) is 0 Å². The van der Waals surface area contributed by atoms with Gasteiger partial charge < -0.3 is 24.2 Å². The quantitative estimate of drug-likeness (QED) is 0.163. The third-order valence-corrected chi connectivity index (χ3v) is 10.6. The molecule has 4 aliphatic carbocycles. The molecule has 0 unspecified atom stereocenters. The maximum Gasteiger partial charge on any atom is 0.509 e. The fraction of sp³-hybridized carbons (Fsp3) is 0.529. The topological polar surface area (TPSA) is 169 Å². The van der Waals surface area contributed by atoms with Crippen LogP contribution in [0.4, 0.5) is 4.79 Å². The largest absolute Gasteiger partial charge is 0.509 e. The number of ketones is 2.